The lowest BCUT2D eigenvalue weighted by molar-refractivity contribution is -0.201. The largest absolute Gasteiger partial charge is 0.481 e. The predicted octanol–water partition coefficient (Wildman–Crippen LogP) is 3.78. The molecular weight excluding hydrogens is 1090 g/mol. The van der Waals surface area contributed by atoms with Gasteiger partial charge in [-0.25, -0.2) is 9.59 Å². The molecule has 23 heteroatoms. The van der Waals surface area contributed by atoms with Gasteiger partial charge in [0.15, 0.2) is 24.3 Å². The Balaban J connectivity index is 0.707. The van der Waals surface area contributed by atoms with Crippen molar-refractivity contribution < 1.29 is 77.1 Å². The summed E-state index contributed by atoms with van der Waals surface area (Å²) in [4.78, 5) is 131. The third kappa shape index (κ3) is 11.5. The standard InChI is InChI=1S/C61H73N7O16/c1-57-21-19-40(69)25-38(57)11-14-41-42-26-46-61(58(42,2)28-44(70)52(41)57,84-54(83-46)37-9-5-35(6-10-37)27-59-32-60(62,33-59)34-59)45(71)31-82-56(80)67(4)24-23-66(3)55(79)81-30-36-7-12-39(13-8-36)64-53(78)43(15-18-51(76)77)65-48(73)29-63-47(72)20-22-68-49(74)16-17-50(68)75/h5-10,12-13,16-17,19,21,25,41-44,46,52,54,70H,11,14-15,18,20,22-24,26-34,62H2,1-4H3,(H,63,72)(H,64,78)(H,65,73)(H,76,77)/t41-,42-,43-,44-,46+,52+,54+,57-,58-,59?,60?,61+/m0/s1. The van der Waals surface area contributed by atoms with Crippen molar-refractivity contribution >= 4 is 64.9 Å². The molecule has 2 aromatic rings. The minimum Gasteiger partial charge on any atom is -0.481 e. The number of nitrogens with two attached hydrogens (primary N) is 1. The molecule has 7 fully saturated rings. The van der Waals surface area contributed by atoms with Crippen LogP contribution in [-0.2, 0) is 70.3 Å². The highest BCUT2D eigenvalue weighted by Gasteiger charge is 2.76. The Morgan fingerprint density at radius 1 is 0.857 bits per heavy atom. The van der Waals surface area contributed by atoms with Crippen molar-refractivity contribution in [2.45, 2.75) is 127 Å². The second-order valence-corrected chi connectivity index (χ2v) is 24.9. The van der Waals surface area contributed by atoms with Gasteiger partial charge >= 0.3 is 18.2 Å². The predicted molar refractivity (Wildman–Crippen MR) is 297 cm³/mol. The normalized spacial score (nSPS) is 31.4. The van der Waals surface area contributed by atoms with Crippen LogP contribution in [0.3, 0.4) is 0 Å². The molecule has 448 valence electrons. The number of carbonyl (C=O) groups is 10. The number of imide groups is 1. The molecule has 0 radical (unpaired) electrons. The highest BCUT2D eigenvalue weighted by Crippen LogP contribution is 2.71. The zero-order chi connectivity index (χ0) is 60.1. The molecule has 7 N–H and O–H groups in total. The summed E-state index contributed by atoms with van der Waals surface area (Å²) >= 11 is 0. The lowest BCUT2D eigenvalue weighted by Gasteiger charge is -2.69. The van der Waals surface area contributed by atoms with Gasteiger partial charge in [-0.15, -0.1) is 0 Å². The molecule has 0 spiro atoms. The Morgan fingerprint density at radius 3 is 2.17 bits per heavy atom. The summed E-state index contributed by atoms with van der Waals surface area (Å²) in [5.41, 5.74) is 7.33. The number of aliphatic hydroxyl groups excluding tert-OH is 1. The quantitative estimate of drug-likeness (QED) is 0.0914. The number of amides is 7. The highest BCUT2D eigenvalue weighted by molar-refractivity contribution is 6.13. The average Bonchev–Trinajstić information content (AvgIpc) is 1.40. The van der Waals surface area contributed by atoms with Crippen LogP contribution in [0, 0.1) is 34.0 Å². The maximum Gasteiger partial charge on any atom is 0.409 e. The summed E-state index contributed by atoms with van der Waals surface area (Å²) in [7, 11) is 2.96. The fourth-order valence-electron chi connectivity index (χ4n) is 15.1. The maximum atomic E-state index is 15.1. The number of ketones is 2. The first kappa shape index (κ1) is 59.6. The average molecular weight is 1160 g/mol. The number of anilines is 1. The summed E-state index contributed by atoms with van der Waals surface area (Å²) in [6.07, 6.45) is 8.52. The van der Waals surface area contributed by atoms with Crippen molar-refractivity contribution in [1.29, 1.82) is 0 Å². The van der Waals surface area contributed by atoms with E-state index >= 15 is 4.79 Å². The third-order valence-corrected chi connectivity index (χ3v) is 19.2. The lowest BCUT2D eigenvalue weighted by atomic mass is 9.38. The van der Waals surface area contributed by atoms with Gasteiger partial charge in [-0.1, -0.05) is 61.9 Å². The van der Waals surface area contributed by atoms with Crippen molar-refractivity contribution in [3.63, 3.8) is 0 Å². The van der Waals surface area contributed by atoms with Crippen molar-refractivity contribution in [2.75, 3.05) is 52.2 Å². The fourth-order valence-corrected chi connectivity index (χ4v) is 15.1. The summed E-state index contributed by atoms with van der Waals surface area (Å²) in [5, 5.41) is 28.9. The van der Waals surface area contributed by atoms with Gasteiger partial charge in [-0.3, -0.25) is 43.3 Å². The third-order valence-electron chi connectivity index (χ3n) is 19.2. The number of carbonyl (C=O) groups excluding carboxylic acids is 9. The molecule has 1 saturated heterocycles. The number of nitrogens with one attached hydrogen (secondary N) is 3. The second-order valence-electron chi connectivity index (χ2n) is 24.9. The van der Waals surface area contributed by atoms with Gasteiger partial charge in [-0.2, -0.15) is 0 Å². The first-order valence-electron chi connectivity index (χ1n) is 28.7. The molecule has 2 heterocycles. The molecule has 11 rings (SSSR count). The van der Waals surface area contributed by atoms with Gasteiger partial charge in [0.05, 0.1) is 18.8 Å². The van der Waals surface area contributed by atoms with Crippen LogP contribution in [0.15, 0.2) is 84.5 Å². The Kier molecular flexibility index (Phi) is 16.4. The van der Waals surface area contributed by atoms with E-state index in [1.165, 1.54) is 41.6 Å². The molecule has 2 bridgehead atoms. The molecule has 0 unspecified atom stereocenters. The van der Waals surface area contributed by atoms with E-state index in [4.69, 9.17) is 24.7 Å². The number of hydrogen-bond donors (Lipinski definition) is 6. The summed E-state index contributed by atoms with van der Waals surface area (Å²) in [6.45, 7) is 2.54. The summed E-state index contributed by atoms with van der Waals surface area (Å²) < 4.78 is 25.0. The van der Waals surface area contributed by atoms with Crippen LogP contribution in [0.25, 0.3) is 0 Å². The van der Waals surface area contributed by atoms with E-state index in [0.717, 1.165) is 53.9 Å². The molecule has 10 atom stereocenters. The van der Waals surface area contributed by atoms with Gasteiger partial charge in [0.25, 0.3) is 11.8 Å². The molecule has 7 amide bonds. The monoisotopic (exact) mass is 1160 g/mol. The Bertz CT molecular complexity index is 3090. The molecule has 84 heavy (non-hydrogen) atoms. The summed E-state index contributed by atoms with van der Waals surface area (Å²) in [6, 6.07) is 13.0. The number of fused-ring (bicyclic) bond motifs is 7. The number of hydrogen-bond acceptors (Lipinski definition) is 16. The van der Waals surface area contributed by atoms with Crippen LogP contribution in [0.2, 0.25) is 0 Å². The number of benzene rings is 2. The number of ether oxygens (including phenoxy) is 4. The lowest BCUT2D eigenvalue weighted by Crippen LogP contribution is -2.72. The number of likely N-dealkylation sites (N-methyl/N-ethyl adjacent to an activating group) is 2. The van der Waals surface area contributed by atoms with Crippen LogP contribution in [0.4, 0.5) is 15.3 Å². The van der Waals surface area contributed by atoms with Crippen LogP contribution in [0.1, 0.15) is 101 Å². The number of nitrogens with zero attached hydrogens (tertiary/aromatic N) is 3. The van der Waals surface area contributed by atoms with Gasteiger partial charge in [0.1, 0.15) is 12.6 Å². The number of aliphatic hydroxyl groups is 1. The van der Waals surface area contributed by atoms with E-state index in [2.05, 4.69) is 35.0 Å². The van der Waals surface area contributed by atoms with Crippen molar-refractivity contribution in [3.8, 4) is 0 Å². The molecule has 23 nitrogen and oxygen atoms in total. The number of allylic oxidation sites excluding steroid dienone is 4. The van der Waals surface area contributed by atoms with Crippen LogP contribution in [0.5, 0.6) is 0 Å². The number of carboxylic acid groups (broad SMARTS) is 1. The van der Waals surface area contributed by atoms with Crippen molar-refractivity contribution in [2.24, 2.45) is 39.7 Å². The Labute approximate surface area is 485 Å². The van der Waals surface area contributed by atoms with Crippen LogP contribution in [-0.4, -0.2) is 160 Å². The molecule has 2 aliphatic heterocycles. The Morgan fingerprint density at radius 2 is 1.51 bits per heavy atom. The van der Waals surface area contributed by atoms with E-state index in [1.54, 1.807) is 24.3 Å². The number of aliphatic carboxylic acids is 1. The highest BCUT2D eigenvalue weighted by atomic mass is 16.7. The molecule has 0 aromatic heterocycles. The first-order chi connectivity index (χ1) is 39.8. The topological polar surface area (TPSA) is 320 Å². The van der Waals surface area contributed by atoms with E-state index in [0.29, 0.717) is 24.8 Å². The zero-order valence-corrected chi connectivity index (χ0v) is 47.6. The molecule has 2 aromatic carbocycles. The van der Waals surface area contributed by atoms with Gasteiger partial charge < -0.3 is 60.6 Å². The number of Topliss-reactive ketones (excluding diaryl/α,β-unsaturated/α-hetero) is 1. The minimum absolute atomic E-state index is 0.00271. The number of carboxylic acids is 1. The van der Waals surface area contributed by atoms with E-state index < -0.39 is 114 Å². The summed E-state index contributed by atoms with van der Waals surface area (Å²) in [5.74, 6) is -5.38. The van der Waals surface area contributed by atoms with Crippen molar-refractivity contribution in [3.05, 3.63) is 101 Å². The van der Waals surface area contributed by atoms with Crippen molar-refractivity contribution in [1.82, 2.24) is 25.3 Å². The molecule has 9 aliphatic rings. The second kappa shape index (κ2) is 23.1. The fraction of sp³-hybridized carbons (Fsp3) is 0.541. The molecule has 7 aliphatic carbocycles. The zero-order valence-electron chi connectivity index (χ0n) is 47.6. The SMILES string of the molecule is CN(CCN(C)C(=O)OCc1ccc(NC(=O)[C@H](CCC(=O)O)NC(=O)CNC(=O)CCN2C(=O)C=CC2=O)cc1)C(=O)OCC(=O)[C@@]12O[C@H](c3ccc(CC45CC(N)(C4)C5)cc3)O[C@@H]1C[C@H]1[C@@H]3CCC4=CC(=O)C=C[C@]4(C)[C@H]3[C@@H](O)C[C@@]12C. The smallest absolute Gasteiger partial charge is 0.409 e. The molecular formula is C61H73N7O16. The van der Waals surface area contributed by atoms with Gasteiger partial charge in [0.2, 0.25) is 23.5 Å². The first-order valence-corrected chi connectivity index (χ1v) is 28.7. The Hall–Kier alpha value is -7.60. The molecule has 6 saturated carbocycles. The van der Waals surface area contributed by atoms with Crippen LogP contribution < -0.4 is 21.7 Å². The minimum atomic E-state index is -1.58. The van der Waals surface area contributed by atoms with Gasteiger partial charge in [-0.05, 0) is 110 Å². The van der Waals surface area contributed by atoms with E-state index in [-0.39, 0.29) is 85.7 Å². The van der Waals surface area contributed by atoms with E-state index in [9.17, 15) is 53.4 Å². The van der Waals surface area contributed by atoms with Gasteiger partial charge in [0, 0.05) is 92.3 Å². The maximum absolute atomic E-state index is 15.1. The van der Waals surface area contributed by atoms with Crippen LogP contribution >= 0.6 is 0 Å². The number of rotatable bonds is 22. The van der Waals surface area contributed by atoms with E-state index in [1.807, 2.05) is 25.1 Å².